The highest BCUT2D eigenvalue weighted by Gasteiger charge is 2.19. The zero-order valence-electron chi connectivity index (χ0n) is 12.7. The van der Waals surface area contributed by atoms with Crippen molar-refractivity contribution in [2.75, 3.05) is 30.8 Å². The van der Waals surface area contributed by atoms with E-state index < -0.39 is 0 Å². The maximum atomic E-state index is 5.69. The van der Waals surface area contributed by atoms with Gasteiger partial charge in [0.05, 0.1) is 5.60 Å². The summed E-state index contributed by atoms with van der Waals surface area (Å²) in [5.74, 6) is 1.79. The molecule has 0 aromatic carbocycles. The summed E-state index contributed by atoms with van der Waals surface area (Å²) in [4.78, 5) is 8.62. The van der Waals surface area contributed by atoms with Gasteiger partial charge in [-0.3, -0.25) is 0 Å². The summed E-state index contributed by atoms with van der Waals surface area (Å²) in [5, 5.41) is 6.50. The summed E-state index contributed by atoms with van der Waals surface area (Å²) in [5.41, 5.74) is 0.933. The van der Waals surface area contributed by atoms with Crippen molar-refractivity contribution >= 4 is 11.6 Å². The molecule has 0 bridgehead atoms. The van der Waals surface area contributed by atoms with Gasteiger partial charge >= 0.3 is 0 Å². The van der Waals surface area contributed by atoms with Crippen LogP contribution in [0.15, 0.2) is 6.33 Å². The number of rotatable bonds is 8. The van der Waals surface area contributed by atoms with Gasteiger partial charge < -0.3 is 15.4 Å². The van der Waals surface area contributed by atoms with Crippen LogP contribution in [0.25, 0.3) is 0 Å². The summed E-state index contributed by atoms with van der Waals surface area (Å²) in [7, 11) is 1.88. The van der Waals surface area contributed by atoms with Crippen LogP contribution in [0.2, 0.25) is 0 Å². The molecule has 0 spiro atoms. The second-order valence-electron chi connectivity index (χ2n) is 5.10. The number of ether oxygens (including phenoxy) is 1. The van der Waals surface area contributed by atoms with E-state index in [0.717, 1.165) is 36.6 Å². The number of hydrogen-bond acceptors (Lipinski definition) is 5. The van der Waals surface area contributed by atoms with E-state index in [1.165, 1.54) is 0 Å². The van der Waals surface area contributed by atoms with Gasteiger partial charge in [0, 0.05) is 25.8 Å². The highest BCUT2D eigenvalue weighted by molar-refractivity contribution is 5.57. The molecule has 0 saturated carbocycles. The third-order valence-corrected chi connectivity index (χ3v) is 2.90. The monoisotopic (exact) mass is 266 g/mol. The zero-order valence-corrected chi connectivity index (χ0v) is 12.7. The molecular weight excluding hydrogens is 240 g/mol. The van der Waals surface area contributed by atoms with E-state index in [1.807, 2.05) is 14.0 Å². The Labute approximate surface area is 116 Å². The van der Waals surface area contributed by atoms with Gasteiger partial charge in [0.15, 0.2) is 0 Å². The molecule has 5 nitrogen and oxygen atoms in total. The Hall–Kier alpha value is -1.36. The van der Waals surface area contributed by atoms with E-state index in [0.29, 0.717) is 6.61 Å². The summed E-state index contributed by atoms with van der Waals surface area (Å²) >= 11 is 0. The first kappa shape index (κ1) is 15.7. The molecule has 0 aliphatic heterocycles. The largest absolute Gasteiger partial charge is 0.374 e. The van der Waals surface area contributed by atoms with Crippen molar-refractivity contribution in [1.29, 1.82) is 0 Å². The molecule has 19 heavy (non-hydrogen) atoms. The first-order valence-corrected chi connectivity index (χ1v) is 6.93. The van der Waals surface area contributed by atoms with Gasteiger partial charge in [-0.05, 0) is 27.2 Å². The lowest BCUT2D eigenvalue weighted by atomic mass is 10.1. The normalized spacial score (nSPS) is 11.4. The maximum Gasteiger partial charge on any atom is 0.134 e. The quantitative estimate of drug-likeness (QED) is 0.757. The number of nitrogens with zero attached hydrogens (tertiary/aromatic N) is 2. The van der Waals surface area contributed by atoms with E-state index in [9.17, 15) is 0 Å². The van der Waals surface area contributed by atoms with Crippen LogP contribution < -0.4 is 10.6 Å². The topological polar surface area (TPSA) is 59.1 Å². The van der Waals surface area contributed by atoms with Crippen LogP contribution in [0.1, 0.15) is 39.7 Å². The Balaban J connectivity index is 2.82. The molecule has 5 heteroatoms. The van der Waals surface area contributed by atoms with Crippen molar-refractivity contribution in [3.63, 3.8) is 0 Å². The first-order valence-electron chi connectivity index (χ1n) is 6.93. The van der Waals surface area contributed by atoms with E-state index in [-0.39, 0.29) is 5.60 Å². The molecule has 0 aliphatic rings. The lowest BCUT2D eigenvalue weighted by Crippen LogP contribution is -2.34. The summed E-state index contributed by atoms with van der Waals surface area (Å²) in [6, 6.07) is 0. The van der Waals surface area contributed by atoms with Gasteiger partial charge in [0.1, 0.15) is 18.0 Å². The molecule has 1 aromatic heterocycles. The van der Waals surface area contributed by atoms with Crippen molar-refractivity contribution < 1.29 is 4.74 Å². The van der Waals surface area contributed by atoms with Crippen LogP contribution in [0.5, 0.6) is 0 Å². The van der Waals surface area contributed by atoms with Crippen LogP contribution in [-0.4, -0.2) is 35.8 Å². The minimum absolute atomic E-state index is 0.205. The Bertz CT molecular complexity index is 393. The fraction of sp³-hybridized carbons (Fsp3) is 0.714. The molecule has 0 saturated heterocycles. The van der Waals surface area contributed by atoms with Crippen LogP contribution >= 0.6 is 0 Å². The van der Waals surface area contributed by atoms with Crippen LogP contribution in [0.3, 0.4) is 0 Å². The number of anilines is 2. The highest BCUT2D eigenvalue weighted by atomic mass is 16.5. The zero-order chi connectivity index (χ0) is 14.3. The SMILES string of the molecule is CCCc1c(NC)ncnc1NCC(C)(C)OCC. The molecule has 108 valence electrons. The maximum absolute atomic E-state index is 5.69. The van der Waals surface area contributed by atoms with E-state index in [2.05, 4.69) is 41.4 Å². The smallest absolute Gasteiger partial charge is 0.134 e. The van der Waals surface area contributed by atoms with Crippen LogP contribution in [0, 0.1) is 0 Å². The summed E-state index contributed by atoms with van der Waals surface area (Å²) in [6.07, 6.45) is 3.60. The van der Waals surface area contributed by atoms with E-state index in [4.69, 9.17) is 4.74 Å². The minimum atomic E-state index is -0.205. The third kappa shape index (κ3) is 4.67. The number of aromatic nitrogens is 2. The van der Waals surface area contributed by atoms with Crippen LogP contribution in [-0.2, 0) is 11.2 Å². The molecule has 0 amide bonds. The van der Waals surface area contributed by atoms with Gasteiger partial charge in [-0.25, -0.2) is 9.97 Å². The lowest BCUT2D eigenvalue weighted by Gasteiger charge is -2.26. The number of nitrogens with one attached hydrogen (secondary N) is 2. The van der Waals surface area contributed by atoms with Gasteiger partial charge in [-0.1, -0.05) is 13.3 Å². The molecule has 1 heterocycles. The first-order chi connectivity index (χ1) is 9.04. The highest BCUT2D eigenvalue weighted by Crippen LogP contribution is 2.22. The molecular formula is C14H26N4O. The summed E-state index contributed by atoms with van der Waals surface area (Å²) in [6.45, 7) is 9.74. The van der Waals surface area contributed by atoms with Crippen molar-refractivity contribution in [1.82, 2.24) is 9.97 Å². The molecule has 0 radical (unpaired) electrons. The standard InChI is InChI=1S/C14H26N4O/c1-6-8-11-12(15-5)17-10-18-13(11)16-9-14(3,4)19-7-2/h10H,6-9H2,1-5H3,(H2,15,16,17,18). The average molecular weight is 266 g/mol. The van der Waals surface area contributed by atoms with Gasteiger partial charge in [0.25, 0.3) is 0 Å². The summed E-state index contributed by atoms with van der Waals surface area (Å²) < 4.78 is 5.69. The molecule has 1 aromatic rings. The molecule has 2 N–H and O–H groups in total. The van der Waals surface area contributed by atoms with Crippen molar-refractivity contribution in [3.8, 4) is 0 Å². The van der Waals surface area contributed by atoms with Gasteiger partial charge in [0.2, 0.25) is 0 Å². The van der Waals surface area contributed by atoms with E-state index in [1.54, 1.807) is 6.33 Å². The average Bonchev–Trinajstić information content (AvgIpc) is 2.37. The van der Waals surface area contributed by atoms with Crippen molar-refractivity contribution in [2.24, 2.45) is 0 Å². The molecule has 0 unspecified atom stereocenters. The predicted molar refractivity (Wildman–Crippen MR) is 79.8 cm³/mol. The fourth-order valence-corrected chi connectivity index (χ4v) is 2.01. The third-order valence-electron chi connectivity index (χ3n) is 2.90. The van der Waals surface area contributed by atoms with Crippen LogP contribution in [0.4, 0.5) is 11.6 Å². The number of hydrogen-bond donors (Lipinski definition) is 2. The Morgan fingerprint density at radius 3 is 2.47 bits per heavy atom. The predicted octanol–water partition coefficient (Wildman–Crippen LogP) is 2.70. The minimum Gasteiger partial charge on any atom is -0.374 e. The molecule has 1 rings (SSSR count). The van der Waals surface area contributed by atoms with Gasteiger partial charge in [-0.2, -0.15) is 0 Å². The van der Waals surface area contributed by atoms with Crippen molar-refractivity contribution in [2.45, 2.75) is 46.1 Å². The second kappa shape index (κ2) is 7.28. The van der Waals surface area contributed by atoms with Gasteiger partial charge in [-0.15, -0.1) is 0 Å². The fourth-order valence-electron chi connectivity index (χ4n) is 2.01. The Morgan fingerprint density at radius 2 is 1.89 bits per heavy atom. The Kier molecular flexibility index (Phi) is 6.02. The molecule has 0 aliphatic carbocycles. The van der Waals surface area contributed by atoms with E-state index >= 15 is 0 Å². The molecule has 0 fully saturated rings. The molecule has 0 atom stereocenters. The Morgan fingerprint density at radius 1 is 1.21 bits per heavy atom. The van der Waals surface area contributed by atoms with Crippen molar-refractivity contribution in [3.05, 3.63) is 11.9 Å². The second-order valence-corrected chi connectivity index (χ2v) is 5.10. The lowest BCUT2D eigenvalue weighted by molar-refractivity contribution is 0.000631.